The summed E-state index contributed by atoms with van der Waals surface area (Å²) in [7, 11) is -0.596. The molecule has 2 atom stereocenters. The van der Waals surface area contributed by atoms with E-state index in [0.717, 1.165) is 12.2 Å². The Morgan fingerprint density at radius 2 is 2.12 bits per heavy atom. The maximum atomic E-state index is 10.5. The summed E-state index contributed by atoms with van der Waals surface area (Å²) in [5.74, 6) is 1.48. The zero-order valence-electron chi connectivity index (χ0n) is 5.81. The molecule has 1 nitrogen and oxygen atoms in total. The third-order valence-corrected chi connectivity index (χ3v) is 2.25. The van der Waals surface area contributed by atoms with E-state index in [-0.39, 0.29) is 0 Å². The molecule has 0 rings (SSSR count). The summed E-state index contributed by atoms with van der Waals surface area (Å²) in [6, 6.07) is 0. The number of hydrogen-bond acceptors (Lipinski definition) is 1. The van der Waals surface area contributed by atoms with E-state index >= 15 is 0 Å². The molecular formula is C6H14OS. The minimum absolute atomic E-state index is 0.596. The average Bonchev–Trinajstić information content (AvgIpc) is 1.65. The van der Waals surface area contributed by atoms with Crippen LogP contribution in [0.5, 0.6) is 0 Å². The van der Waals surface area contributed by atoms with Crippen LogP contribution in [0, 0.1) is 5.92 Å². The van der Waals surface area contributed by atoms with Gasteiger partial charge >= 0.3 is 0 Å². The molecule has 0 aliphatic carbocycles. The first kappa shape index (κ1) is 8.15. The van der Waals surface area contributed by atoms with Gasteiger partial charge in [0, 0.05) is 22.8 Å². The van der Waals surface area contributed by atoms with Crippen LogP contribution in [0.25, 0.3) is 0 Å². The molecule has 0 aromatic carbocycles. The summed E-state index contributed by atoms with van der Waals surface area (Å²) >= 11 is 0. The molecule has 0 saturated carbocycles. The third kappa shape index (κ3) is 4.31. The largest absolute Gasteiger partial charge is 0.260 e. The number of rotatable bonds is 3. The Morgan fingerprint density at radius 3 is 2.25 bits per heavy atom. The fraction of sp³-hybridized carbons (Fsp3) is 1.00. The SMILES string of the molecule is CCC(C)CS(C)=O. The summed E-state index contributed by atoms with van der Waals surface area (Å²) < 4.78 is 10.5. The van der Waals surface area contributed by atoms with Crippen molar-refractivity contribution in [3.63, 3.8) is 0 Å². The van der Waals surface area contributed by atoms with Gasteiger partial charge in [0.05, 0.1) is 0 Å². The van der Waals surface area contributed by atoms with Crippen LogP contribution in [0.3, 0.4) is 0 Å². The van der Waals surface area contributed by atoms with E-state index in [9.17, 15) is 4.21 Å². The molecule has 0 aliphatic rings. The molecule has 0 aromatic rings. The predicted octanol–water partition coefficient (Wildman–Crippen LogP) is 1.41. The molecule has 2 heteroatoms. The van der Waals surface area contributed by atoms with Gasteiger partial charge in [-0.1, -0.05) is 20.3 Å². The lowest BCUT2D eigenvalue weighted by Crippen LogP contribution is -2.04. The lowest BCUT2D eigenvalue weighted by atomic mass is 10.2. The van der Waals surface area contributed by atoms with Crippen molar-refractivity contribution in [2.24, 2.45) is 5.92 Å². The van der Waals surface area contributed by atoms with Gasteiger partial charge in [-0.3, -0.25) is 4.21 Å². The Morgan fingerprint density at radius 1 is 1.62 bits per heavy atom. The minimum atomic E-state index is -0.596. The topological polar surface area (TPSA) is 17.1 Å². The van der Waals surface area contributed by atoms with Crippen molar-refractivity contribution in [2.75, 3.05) is 12.0 Å². The molecule has 0 spiro atoms. The van der Waals surface area contributed by atoms with Gasteiger partial charge in [0.15, 0.2) is 0 Å². The van der Waals surface area contributed by atoms with Crippen molar-refractivity contribution in [1.82, 2.24) is 0 Å². The first-order valence-corrected chi connectivity index (χ1v) is 4.69. The molecule has 0 amide bonds. The van der Waals surface area contributed by atoms with Crippen molar-refractivity contribution in [3.05, 3.63) is 0 Å². The highest BCUT2D eigenvalue weighted by Crippen LogP contribution is 2.00. The second kappa shape index (κ2) is 4.07. The van der Waals surface area contributed by atoms with Crippen molar-refractivity contribution < 1.29 is 4.21 Å². The van der Waals surface area contributed by atoms with E-state index in [1.165, 1.54) is 0 Å². The Bertz CT molecular complexity index is 80.6. The van der Waals surface area contributed by atoms with Crippen LogP contribution in [0.2, 0.25) is 0 Å². The molecule has 0 aromatic heterocycles. The van der Waals surface area contributed by atoms with Crippen LogP contribution in [-0.4, -0.2) is 16.2 Å². The van der Waals surface area contributed by atoms with Gasteiger partial charge in [-0.25, -0.2) is 0 Å². The van der Waals surface area contributed by atoms with Crippen LogP contribution >= 0.6 is 0 Å². The van der Waals surface area contributed by atoms with Gasteiger partial charge in [-0.15, -0.1) is 0 Å². The molecule has 0 fully saturated rings. The summed E-state index contributed by atoms with van der Waals surface area (Å²) in [4.78, 5) is 0. The van der Waals surface area contributed by atoms with Gasteiger partial charge in [0.1, 0.15) is 0 Å². The second-order valence-electron chi connectivity index (χ2n) is 2.25. The Kier molecular flexibility index (Phi) is 4.15. The van der Waals surface area contributed by atoms with E-state index in [1.807, 2.05) is 0 Å². The zero-order valence-corrected chi connectivity index (χ0v) is 6.62. The van der Waals surface area contributed by atoms with Crippen molar-refractivity contribution >= 4 is 10.8 Å². The van der Waals surface area contributed by atoms with Gasteiger partial charge in [-0.05, 0) is 5.92 Å². The number of hydrogen-bond donors (Lipinski definition) is 0. The Labute approximate surface area is 53.9 Å². The summed E-state index contributed by atoms with van der Waals surface area (Å²) in [5.41, 5.74) is 0. The molecule has 8 heavy (non-hydrogen) atoms. The molecule has 0 N–H and O–H groups in total. The molecule has 0 saturated heterocycles. The first-order valence-electron chi connectivity index (χ1n) is 2.96. The standard InChI is InChI=1S/C6H14OS/c1-4-6(2)5-8(3)7/h6H,4-5H2,1-3H3. The molecular weight excluding hydrogens is 120 g/mol. The second-order valence-corrected chi connectivity index (χ2v) is 3.73. The van der Waals surface area contributed by atoms with Gasteiger partial charge in [-0.2, -0.15) is 0 Å². The quantitative estimate of drug-likeness (QED) is 0.570. The van der Waals surface area contributed by atoms with Gasteiger partial charge < -0.3 is 0 Å². The van der Waals surface area contributed by atoms with E-state index in [1.54, 1.807) is 6.26 Å². The molecule has 0 radical (unpaired) electrons. The highest BCUT2D eigenvalue weighted by molar-refractivity contribution is 7.84. The lowest BCUT2D eigenvalue weighted by Gasteiger charge is -2.02. The lowest BCUT2D eigenvalue weighted by molar-refractivity contribution is 0.618. The molecule has 2 unspecified atom stereocenters. The maximum Gasteiger partial charge on any atom is 0.0257 e. The van der Waals surface area contributed by atoms with Crippen molar-refractivity contribution in [1.29, 1.82) is 0 Å². The highest BCUT2D eigenvalue weighted by Gasteiger charge is 1.98. The summed E-state index contributed by atoms with van der Waals surface area (Å²) in [6.07, 6.45) is 2.89. The summed E-state index contributed by atoms with van der Waals surface area (Å²) in [6.45, 7) is 4.25. The van der Waals surface area contributed by atoms with Crippen molar-refractivity contribution in [3.8, 4) is 0 Å². The highest BCUT2D eigenvalue weighted by atomic mass is 32.2. The van der Waals surface area contributed by atoms with Crippen molar-refractivity contribution in [2.45, 2.75) is 20.3 Å². The average molecular weight is 134 g/mol. The maximum absolute atomic E-state index is 10.5. The smallest absolute Gasteiger partial charge is 0.0257 e. The Hall–Kier alpha value is 0.150. The Balaban J connectivity index is 3.24. The van der Waals surface area contributed by atoms with E-state index < -0.39 is 10.8 Å². The predicted molar refractivity (Wildman–Crippen MR) is 38.4 cm³/mol. The summed E-state index contributed by atoms with van der Waals surface area (Å²) in [5, 5.41) is 0. The van der Waals surface area contributed by atoms with Gasteiger partial charge in [0.2, 0.25) is 0 Å². The van der Waals surface area contributed by atoms with Crippen LogP contribution in [0.1, 0.15) is 20.3 Å². The van der Waals surface area contributed by atoms with Crippen LogP contribution in [-0.2, 0) is 10.8 Å². The molecule has 0 bridgehead atoms. The fourth-order valence-corrected chi connectivity index (χ4v) is 1.56. The third-order valence-electron chi connectivity index (χ3n) is 1.22. The zero-order chi connectivity index (χ0) is 6.57. The van der Waals surface area contributed by atoms with E-state index in [2.05, 4.69) is 13.8 Å². The molecule has 0 heterocycles. The first-order chi connectivity index (χ1) is 3.66. The molecule has 0 aliphatic heterocycles. The normalized spacial score (nSPS) is 17.9. The van der Waals surface area contributed by atoms with Crippen LogP contribution in [0.4, 0.5) is 0 Å². The van der Waals surface area contributed by atoms with E-state index in [0.29, 0.717) is 5.92 Å². The van der Waals surface area contributed by atoms with Crippen LogP contribution in [0.15, 0.2) is 0 Å². The van der Waals surface area contributed by atoms with E-state index in [4.69, 9.17) is 0 Å². The molecule has 50 valence electrons. The van der Waals surface area contributed by atoms with Gasteiger partial charge in [0.25, 0.3) is 0 Å². The van der Waals surface area contributed by atoms with Crippen LogP contribution < -0.4 is 0 Å². The minimum Gasteiger partial charge on any atom is -0.260 e. The fourth-order valence-electron chi connectivity index (χ4n) is 0.519. The monoisotopic (exact) mass is 134 g/mol.